The molecule has 0 spiro atoms. The van der Waals surface area contributed by atoms with Gasteiger partial charge in [-0.05, 0) is 44.7 Å². The molecule has 90 valence electrons. The molecule has 1 N–H and O–H groups in total. The van der Waals surface area contributed by atoms with E-state index >= 15 is 0 Å². The third-order valence-electron chi connectivity index (χ3n) is 3.65. The zero-order chi connectivity index (χ0) is 11.5. The van der Waals surface area contributed by atoms with E-state index in [1.807, 2.05) is 0 Å². The van der Waals surface area contributed by atoms with Crippen molar-refractivity contribution in [3.8, 4) is 0 Å². The van der Waals surface area contributed by atoms with Gasteiger partial charge in [0.2, 0.25) is 0 Å². The second kappa shape index (κ2) is 5.31. The van der Waals surface area contributed by atoms with Crippen LogP contribution in [0.25, 0.3) is 0 Å². The number of rotatable bonds is 5. The summed E-state index contributed by atoms with van der Waals surface area (Å²) < 4.78 is 0. The van der Waals surface area contributed by atoms with Crippen molar-refractivity contribution < 1.29 is 0 Å². The van der Waals surface area contributed by atoms with Crippen LogP contribution in [-0.4, -0.2) is 37.6 Å². The molecule has 0 bridgehead atoms. The van der Waals surface area contributed by atoms with Gasteiger partial charge in [-0.2, -0.15) is 0 Å². The van der Waals surface area contributed by atoms with E-state index in [-0.39, 0.29) is 0 Å². The van der Waals surface area contributed by atoms with Crippen LogP contribution >= 0.6 is 0 Å². The smallest absolute Gasteiger partial charge is 0.00665 e. The molecule has 0 aromatic heterocycles. The molecule has 2 atom stereocenters. The predicted molar refractivity (Wildman–Crippen MR) is 67.1 cm³/mol. The monoisotopic (exact) mass is 212 g/mol. The van der Waals surface area contributed by atoms with Crippen LogP contribution in [-0.2, 0) is 0 Å². The highest BCUT2D eigenvalue weighted by Crippen LogP contribution is 2.26. The van der Waals surface area contributed by atoms with Crippen molar-refractivity contribution >= 4 is 0 Å². The van der Waals surface area contributed by atoms with E-state index in [4.69, 9.17) is 0 Å². The summed E-state index contributed by atoms with van der Waals surface area (Å²) in [4.78, 5) is 2.53. The van der Waals surface area contributed by atoms with Crippen molar-refractivity contribution in [2.45, 2.75) is 46.6 Å². The minimum atomic E-state index is 0.500. The van der Waals surface area contributed by atoms with Gasteiger partial charge in [0.25, 0.3) is 0 Å². The molecule has 1 fully saturated rings. The van der Waals surface area contributed by atoms with Gasteiger partial charge in [0.15, 0.2) is 0 Å². The number of hydrogen-bond acceptors (Lipinski definition) is 2. The molecule has 15 heavy (non-hydrogen) atoms. The Morgan fingerprint density at radius 2 is 2.00 bits per heavy atom. The maximum atomic E-state index is 3.47. The highest BCUT2D eigenvalue weighted by atomic mass is 15.1. The van der Waals surface area contributed by atoms with Crippen LogP contribution in [0.15, 0.2) is 0 Å². The third kappa shape index (κ3) is 4.12. The van der Waals surface area contributed by atoms with Gasteiger partial charge in [-0.25, -0.2) is 0 Å². The van der Waals surface area contributed by atoms with E-state index in [0.717, 1.165) is 5.92 Å². The summed E-state index contributed by atoms with van der Waals surface area (Å²) in [6, 6.07) is 0.711. The second-order valence-corrected chi connectivity index (χ2v) is 6.13. The maximum Gasteiger partial charge on any atom is 0.00665 e. The fourth-order valence-corrected chi connectivity index (χ4v) is 2.62. The van der Waals surface area contributed by atoms with Crippen molar-refractivity contribution in [3.63, 3.8) is 0 Å². The lowest BCUT2D eigenvalue weighted by atomic mass is 9.88. The molecule has 2 unspecified atom stereocenters. The summed E-state index contributed by atoms with van der Waals surface area (Å²) in [7, 11) is 2.27. The topological polar surface area (TPSA) is 15.3 Å². The Hall–Kier alpha value is -0.0800. The Kier molecular flexibility index (Phi) is 4.60. The highest BCUT2D eigenvalue weighted by molar-refractivity contribution is 4.87. The third-order valence-corrected chi connectivity index (χ3v) is 3.65. The Labute approximate surface area is 95.4 Å². The molecule has 2 nitrogen and oxygen atoms in total. The number of nitrogens with zero attached hydrogens (tertiary/aromatic N) is 1. The van der Waals surface area contributed by atoms with Crippen molar-refractivity contribution in [1.29, 1.82) is 0 Å². The van der Waals surface area contributed by atoms with Crippen LogP contribution < -0.4 is 5.32 Å². The molecule has 0 aliphatic carbocycles. The van der Waals surface area contributed by atoms with Gasteiger partial charge in [-0.3, -0.25) is 0 Å². The van der Waals surface area contributed by atoms with Crippen LogP contribution in [0.3, 0.4) is 0 Å². The van der Waals surface area contributed by atoms with Gasteiger partial charge in [0, 0.05) is 19.1 Å². The van der Waals surface area contributed by atoms with E-state index in [1.165, 1.54) is 32.5 Å². The normalized spacial score (nSPS) is 29.0. The van der Waals surface area contributed by atoms with Crippen LogP contribution in [0.4, 0.5) is 0 Å². The first-order valence-corrected chi connectivity index (χ1v) is 6.34. The molecular formula is C13H28N2. The molecule has 1 aliphatic rings. The fraction of sp³-hybridized carbons (Fsp3) is 1.00. The predicted octanol–water partition coefficient (Wildman–Crippen LogP) is 2.35. The van der Waals surface area contributed by atoms with Crippen LogP contribution in [0.2, 0.25) is 0 Å². The molecule has 0 aromatic carbocycles. The summed E-state index contributed by atoms with van der Waals surface area (Å²) in [5.74, 6) is 0.803. The zero-order valence-electron chi connectivity index (χ0n) is 11.1. The van der Waals surface area contributed by atoms with E-state index in [9.17, 15) is 0 Å². The lowest BCUT2D eigenvalue weighted by Crippen LogP contribution is -2.40. The molecule has 2 heteroatoms. The SMILES string of the molecule is CC(C)CC(C)N(C)CC1(C)CCNC1. The highest BCUT2D eigenvalue weighted by Gasteiger charge is 2.30. The molecule has 1 heterocycles. The average Bonchev–Trinajstić information content (AvgIpc) is 2.50. The Balaban J connectivity index is 2.36. The first-order chi connectivity index (χ1) is 6.93. The van der Waals surface area contributed by atoms with Crippen molar-refractivity contribution in [3.05, 3.63) is 0 Å². The van der Waals surface area contributed by atoms with E-state index < -0.39 is 0 Å². The second-order valence-electron chi connectivity index (χ2n) is 6.13. The Bertz CT molecular complexity index is 183. The summed E-state index contributed by atoms with van der Waals surface area (Å²) in [6.07, 6.45) is 2.63. The number of nitrogens with one attached hydrogen (secondary N) is 1. The minimum Gasteiger partial charge on any atom is -0.316 e. The largest absolute Gasteiger partial charge is 0.316 e. The average molecular weight is 212 g/mol. The zero-order valence-corrected chi connectivity index (χ0v) is 11.1. The van der Waals surface area contributed by atoms with E-state index in [1.54, 1.807) is 0 Å². The minimum absolute atomic E-state index is 0.500. The quantitative estimate of drug-likeness (QED) is 0.752. The lowest BCUT2D eigenvalue weighted by molar-refractivity contribution is 0.154. The van der Waals surface area contributed by atoms with Gasteiger partial charge in [0.1, 0.15) is 0 Å². The first kappa shape index (κ1) is 13.0. The fourth-order valence-electron chi connectivity index (χ4n) is 2.62. The van der Waals surface area contributed by atoms with Crippen LogP contribution in [0.1, 0.15) is 40.5 Å². The summed E-state index contributed by atoms with van der Waals surface area (Å²) >= 11 is 0. The molecule has 1 saturated heterocycles. The molecule has 1 aliphatic heterocycles. The van der Waals surface area contributed by atoms with Crippen LogP contribution in [0, 0.1) is 11.3 Å². The van der Waals surface area contributed by atoms with Crippen molar-refractivity contribution in [2.24, 2.45) is 11.3 Å². The Morgan fingerprint density at radius 3 is 2.47 bits per heavy atom. The van der Waals surface area contributed by atoms with E-state index in [0.29, 0.717) is 11.5 Å². The summed E-state index contributed by atoms with van der Waals surface area (Å²) in [5.41, 5.74) is 0.500. The molecular weight excluding hydrogens is 184 g/mol. The van der Waals surface area contributed by atoms with Gasteiger partial charge >= 0.3 is 0 Å². The van der Waals surface area contributed by atoms with E-state index in [2.05, 4.69) is 45.0 Å². The summed E-state index contributed by atoms with van der Waals surface area (Å²) in [6.45, 7) is 13.0. The molecule has 0 saturated carbocycles. The standard InChI is InChI=1S/C13H28N2/c1-11(2)8-12(3)15(5)10-13(4)6-7-14-9-13/h11-12,14H,6-10H2,1-5H3. The van der Waals surface area contributed by atoms with Gasteiger partial charge in [-0.15, -0.1) is 0 Å². The van der Waals surface area contributed by atoms with Gasteiger partial charge in [0.05, 0.1) is 0 Å². The van der Waals surface area contributed by atoms with Gasteiger partial charge < -0.3 is 10.2 Å². The number of hydrogen-bond donors (Lipinski definition) is 1. The first-order valence-electron chi connectivity index (χ1n) is 6.34. The molecule has 0 radical (unpaired) electrons. The Morgan fingerprint density at radius 1 is 1.33 bits per heavy atom. The molecule has 0 aromatic rings. The lowest BCUT2D eigenvalue weighted by Gasteiger charge is -2.33. The van der Waals surface area contributed by atoms with Crippen molar-refractivity contribution in [1.82, 2.24) is 10.2 Å². The van der Waals surface area contributed by atoms with Crippen LogP contribution in [0.5, 0.6) is 0 Å². The molecule has 1 rings (SSSR count). The molecule has 0 amide bonds. The maximum absolute atomic E-state index is 3.47. The van der Waals surface area contributed by atoms with Crippen molar-refractivity contribution in [2.75, 3.05) is 26.7 Å². The van der Waals surface area contributed by atoms with Gasteiger partial charge in [-0.1, -0.05) is 20.8 Å². The summed E-state index contributed by atoms with van der Waals surface area (Å²) in [5, 5.41) is 3.47.